The van der Waals surface area contributed by atoms with Crippen molar-refractivity contribution in [1.29, 1.82) is 0 Å². The number of hydrogen-bond donors (Lipinski definition) is 2. The van der Waals surface area contributed by atoms with E-state index in [1.165, 1.54) is 0 Å². The largest absolute Gasteiger partial charge is 0.454 e. The summed E-state index contributed by atoms with van der Waals surface area (Å²) in [5.41, 5.74) is 0.498. The highest BCUT2D eigenvalue weighted by atomic mass is 16.7. The molecule has 2 N–H and O–H groups in total. The van der Waals surface area contributed by atoms with Gasteiger partial charge < -0.3 is 25.0 Å². The van der Waals surface area contributed by atoms with Gasteiger partial charge in [0.25, 0.3) is 0 Å². The molecule has 0 aliphatic carbocycles. The van der Waals surface area contributed by atoms with Gasteiger partial charge in [0, 0.05) is 18.3 Å². The van der Waals surface area contributed by atoms with E-state index < -0.39 is 11.8 Å². The Kier molecular flexibility index (Phi) is 6.22. The highest BCUT2D eigenvalue weighted by Gasteiger charge is 2.17. The second kappa shape index (κ2) is 8.38. The molecule has 0 unspecified atom stereocenters. The van der Waals surface area contributed by atoms with Crippen molar-refractivity contribution in [3.8, 4) is 11.5 Å². The Morgan fingerprint density at radius 3 is 2.61 bits per heavy atom. The van der Waals surface area contributed by atoms with Crippen LogP contribution in [-0.2, 0) is 9.59 Å². The Morgan fingerprint density at radius 1 is 1.13 bits per heavy atom. The smallest absolute Gasteiger partial charge is 0.313 e. The third kappa shape index (κ3) is 4.85. The normalized spacial score (nSPS) is 12.3. The van der Waals surface area contributed by atoms with Gasteiger partial charge in [-0.2, -0.15) is 0 Å². The topological polar surface area (TPSA) is 79.9 Å². The molecule has 0 saturated carbocycles. The zero-order valence-corrected chi connectivity index (χ0v) is 13.6. The average molecular weight is 321 g/mol. The van der Waals surface area contributed by atoms with Crippen molar-refractivity contribution in [1.82, 2.24) is 10.2 Å². The van der Waals surface area contributed by atoms with Gasteiger partial charge in [0.2, 0.25) is 6.79 Å². The molecule has 0 radical (unpaired) electrons. The van der Waals surface area contributed by atoms with E-state index in [4.69, 9.17) is 9.47 Å². The number of amides is 2. The van der Waals surface area contributed by atoms with Gasteiger partial charge in [-0.3, -0.25) is 9.59 Å². The van der Waals surface area contributed by atoms with E-state index in [2.05, 4.69) is 29.4 Å². The summed E-state index contributed by atoms with van der Waals surface area (Å²) in [6.07, 6.45) is 0.810. The molecule has 0 saturated heterocycles. The lowest BCUT2D eigenvalue weighted by Gasteiger charge is -2.17. The molecule has 0 fully saturated rings. The fraction of sp³-hybridized carbons (Fsp3) is 0.500. The van der Waals surface area contributed by atoms with Gasteiger partial charge >= 0.3 is 11.8 Å². The molecule has 1 aromatic carbocycles. The van der Waals surface area contributed by atoms with Crippen molar-refractivity contribution >= 4 is 17.5 Å². The number of anilines is 1. The number of benzene rings is 1. The maximum Gasteiger partial charge on any atom is 0.313 e. The molecule has 1 aliphatic heterocycles. The van der Waals surface area contributed by atoms with Crippen molar-refractivity contribution in [3.05, 3.63) is 18.2 Å². The van der Waals surface area contributed by atoms with Crippen LogP contribution in [0.3, 0.4) is 0 Å². The van der Waals surface area contributed by atoms with Crippen LogP contribution in [-0.4, -0.2) is 49.7 Å². The lowest BCUT2D eigenvalue weighted by atomic mass is 10.2. The van der Waals surface area contributed by atoms with E-state index >= 15 is 0 Å². The van der Waals surface area contributed by atoms with Crippen molar-refractivity contribution in [2.24, 2.45) is 0 Å². The molecule has 0 bridgehead atoms. The zero-order valence-electron chi connectivity index (χ0n) is 13.6. The molecule has 7 nitrogen and oxygen atoms in total. The molecule has 2 amide bonds. The van der Waals surface area contributed by atoms with E-state index in [0.29, 0.717) is 23.7 Å². The highest BCUT2D eigenvalue weighted by molar-refractivity contribution is 6.39. The molecule has 1 aromatic rings. The van der Waals surface area contributed by atoms with Crippen LogP contribution in [0, 0.1) is 0 Å². The number of nitrogens with zero attached hydrogens (tertiary/aromatic N) is 1. The third-order valence-corrected chi connectivity index (χ3v) is 3.67. The maximum absolute atomic E-state index is 11.8. The summed E-state index contributed by atoms with van der Waals surface area (Å²) < 4.78 is 10.4. The van der Waals surface area contributed by atoms with Crippen LogP contribution in [0.2, 0.25) is 0 Å². The standard InChI is InChI=1S/C16H23N3O4/c1-3-19(4-2)9-5-8-17-15(20)16(21)18-12-6-7-13-14(10-12)23-11-22-13/h6-7,10H,3-5,8-9,11H2,1-2H3,(H,17,20)(H,18,21). The minimum Gasteiger partial charge on any atom is -0.454 e. The number of carbonyl (C=O) groups is 2. The van der Waals surface area contributed by atoms with Crippen LogP contribution in [0.25, 0.3) is 0 Å². The number of nitrogens with one attached hydrogen (secondary N) is 2. The second-order valence-corrected chi connectivity index (χ2v) is 5.16. The molecular weight excluding hydrogens is 298 g/mol. The van der Waals surface area contributed by atoms with Crippen molar-refractivity contribution in [2.45, 2.75) is 20.3 Å². The third-order valence-electron chi connectivity index (χ3n) is 3.67. The summed E-state index contributed by atoms with van der Waals surface area (Å²) in [6.45, 7) is 7.70. The Labute approximate surface area is 135 Å². The van der Waals surface area contributed by atoms with Gasteiger partial charge in [-0.25, -0.2) is 0 Å². The Morgan fingerprint density at radius 2 is 1.87 bits per heavy atom. The summed E-state index contributed by atoms with van der Waals surface area (Å²) in [6, 6.07) is 4.99. The van der Waals surface area contributed by atoms with Crippen LogP contribution in [0.1, 0.15) is 20.3 Å². The fourth-order valence-electron chi connectivity index (χ4n) is 2.29. The predicted molar refractivity (Wildman–Crippen MR) is 86.6 cm³/mol. The first kappa shape index (κ1) is 17.1. The van der Waals surface area contributed by atoms with E-state index in [9.17, 15) is 9.59 Å². The van der Waals surface area contributed by atoms with E-state index in [1.54, 1.807) is 18.2 Å². The number of carbonyl (C=O) groups excluding carboxylic acids is 2. The van der Waals surface area contributed by atoms with Gasteiger partial charge in [0.1, 0.15) is 0 Å². The monoisotopic (exact) mass is 321 g/mol. The Balaban J connectivity index is 1.74. The number of fused-ring (bicyclic) bond motifs is 1. The average Bonchev–Trinajstić information content (AvgIpc) is 3.02. The lowest BCUT2D eigenvalue weighted by Crippen LogP contribution is -2.37. The first-order valence-electron chi connectivity index (χ1n) is 7.85. The van der Waals surface area contributed by atoms with E-state index in [-0.39, 0.29) is 6.79 Å². The van der Waals surface area contributed by atoms with Crippen molar-refractivity contribution in [3.63, 3.8) is 0 Å². The van der Waals surface area contributed by atoms with Crippen LogP contribution < -0.4 is 20.1 Å². The Hall–Kier alpha value is -2.28. The fourth-order valence-corrected chi connectivity index (χ4v) is 2.29. The van der Waals surface area contributed by atoms with Gasteiger partial charge in [0.15, 0.2) is 11.5 Å². The van der Waals surface area contributed by atoms with Crippen LogP contribution >= 0.6 is 0 Å². The van der Waals surface area contributed by atoms with Crippen LogP contribution in [0.5, 0.6) is 11.5 Å². The van der Waals surface area contributed by atoms with Crippen molar-refractivity contribution in [2.75, 3.05) is 38.3 Å². The first-order valence-corrected chi connectivity index (χ1v) is 7.85. The molecule has 7 heteroatoms. The SMILES string of the molecule is CCN(CC)CCCNC(=O)C(=O)Nc1ccc2c(c1)OCO2. The molecular formula is C16H23N3O4. The van der Waals surface area contributed by atoms with Gasteiger partial charge in [-0.15, -0.1) is 0 Å². The van der Waals surface area contributed by atoms with Crippen LogP contribution in [0.15, 0.2) is 18.2 Å². The van der Waals surface area contributed by atoms with E-state index in [0.717, 1.165) is 26.1 Å². The summed E-state index contributed by atoms with van der Waals surface area (Å²) in [5, 5.41) is 5.17. The molecule has 0 aromatic heterocycles. The molecule has 126 valence electrons. The predicted octanol–water partition coefficient (Wildman–Crippen LogP) is 1.20. The summed E-state index contributed by atoms with van der Waals surface area (Å²) >= 11 is 0. The van der Waals surface area contributed by atoms with Crippen molar-refractivity contribution < 1.29 is 19.1 Å². The molecule has 1 heterocycles. The molecule has 0 spiro atoms. The van der Waals surface area contributed by atoms with Crippen LogP contribution in [0.4, 0.5) is 5.69 Å². The molecule has 23 heavy (non-hydrogen) atoms. The molecule has 2 rings (SSSR count). The maximum atomic E-state index is 11.8. The minimum absolute atomic E-state index is 0.166. The summed E-state index contributed by atoms with van der Waals surface area (Å²) in [4.78, 5) is 25.9. The Bertz CT molecular complexity index is 558. The molecule has 1 aliphatic rings. The number of rotatable bonds is 7. The lowest BCUT2D eigenvalue weighted by molar-refractivity contribution is -0.136. The minimum atomic E-state index is -0.688. The molecule has 0 atom stereocenters. The van der Waals surface area contributed by atoms with Gasteiger partial charge in [-0.05, 0) is 38.2 Å². The first-order chi connectivity index (χ1) is 11.1. The quantitative estimate of drug-likeness (QED) is 0.583. The summed E-state index contributed by atoms with van der Waals surface area (Å²) in [5.74, 6) is -0.139. The summed E-state index contributed by atoms with van der Waals surface area (Å²) in [7, 11) is 0. The van der Waals surface area contributed by atoms with Gasteiger partial charge in [-0.1, -0.05) is 13.8 Å². The number of ether oxygens (including phenoxy) is 2. The highest BCUT2D eigenvalue weighted by Crippen LogP contribution is 2.34. The second-order valence-electron chi connectivity index (χ2n) is 5.16. The number of hydrogen-bond acceptors (Lipinski definition) is 5. The zero-order chi connectivity index (χ0) is 16.7. The van der Waals surface area contributed by atoms with Gasteiger partial charge in [0.05, 0.1) is 0 Å². The van der Waals surface area contributed by atoms with E-state index in [1.807, 2.05) is 0 Å².